The fourth-order valence-corrected chi connectivity index (χ4v) is 7.96. The standard InChI is InChI=1S/C38H42BrN3O5S/c1-27-16-19-33(20-17-27)48(45,46)42(34-22-28(2)18-21-36(34)47-3)26-37(43)41(25-30-12-9-13-31(39)23-30)35(24-29-10-5-4-6-11-29)38(44)40-32-14-7-8-15-32/h4-6,9-13,16-23,32,35H,7-8,14-15,24-26H2,1-3H3,(H,40,44). The van der Waals surface area contributed by atoms with Gasteiger partial charge in [0.2, 0.25) is 11.8 Å². The summed E-state index contributed by atoms with van der Waals surface area (Å²) >= 11 is 3.53. The molecule has 1 fully saturated rings. The predicted molar refractivity (Wildman–Crippen MR) is 192 cm³/mol. The maximum atomic E-state index is 14.8. The van der Waals surface area contributed by atoms with Crippen molar-refractivity contribution < 1.29 is 22.7 Å². The molecule has 1 saturated carbocycles. The normalized spacial score (nSPS) is 13.9. The van der Waals surface area contributed by atoms with Crippen LogP contribution in [0, 0.1) is 13.8 Å². The van der Waals surface area contributed by atoms with Crippen molar-refractivity contribution in [1.29, 1.82) is 0 Å². The van der Waals surface area contributed by atoms with Crippen LogP contribution in [0.5, 0.6) is 5.75 Å². The van der Waals surface area contributed by atoms with Gasteiger partial charge in [-0.25, -0.2) is 8.42 Å². The van der Waals surface area contributed by atoms with E-state index in [9.17, 15) is 18.0 Å². The largest absolute Gasteiger partial charge is 0.495 e. The van der Waals surface area contributed by atoms with Gasteiger partial charge in [0.1, 0.15) is 18.3 Å². The van der Waals surface area contributed by atoms with Crippen molar-refractivity contribution in [3.63, 3.8) is 0 Å². The smallest absolute Gasteiger partial charge is 0.264 e. The Hall–Kier alpha value is -4.15. The summed E-state index contributed by atoms with van der Waals surface area (Å²) in [7, 11) is -2.79. The van der Waals surface area contributed by atoms with Crippen LogP contribution < -0.4 is 14.4 Å². The third-order valence-electron chi connectivity index (χ3n) is 8.71. The Morgan fingerprint density at radius 3 is 2.21 bits per heavy atom. The molecular weight excluding hydrogens is 690 g/mol. The minimum atomic E-state index is -4.25. The lowest BCUT2D eigenvalue weighted by Gasteiger charge is -2.34. The first-order valence-corrected chi connectivity index (χ1v) is 18.4. The molecule has 0 spiro atoms. The number of sulfonamides is 1. The number of amides is 2. The van der Waals surface area contributed by atoms with E-state index in [1.807, 2.05) is 74.5 Å². The number of aryl methyl sites for hydroxylation is 2. The van der Waals surface area contributed by atoms with Crippen LogP contribution in [0.25, 0.3) is 0 Å². The Labute approximate surface area is 292 Å². The first-order valence-electron chi connectivity index (χ1n) is 16.2. The molecule has 4 aromatic carbocycles. The highest BCUT2D eigenvalue weighted by molar-refractivity contribution is 9.10. The maximum Gasteiger partial charge on any atom is 0.264 e. The second-order valence-corrected chi connectivity index (χ2v) is 15.1. The summed E-state index contributed by atoms with van der Waals surface area (Å²) in [6.07, 6.45) is 4.12. The monoisotopic (exact) mass is 731 g/mol. The molecule has 0 radical (unpaired) electrons. The Bertz CT molecular complexity index is 1830. The highest BCUT2D eigenvalue weighted by Gasteiger charge is 2.36. The molecule has 1 atom stereocenters. The first-order chi connectivity index (χ1) is 23.0. The summed E-state index contributed by atoms with van der Waals surface area (Å²) in [5, 5.41) is 3.21. The zero-order valence-electron chi connectivity index (χ0n) is 27.6. The van der Waals surface area contributed by atoms with Gasteiger partial charge in [0.05, 0.1) is 17.7 Å². The zero-order chi connectivity index (χ0) is 34.3. The predicted octanol–water partition coefficient (Wildman–Crippen LogP) is 6.97. The van der Waals surface area contributed by atoms with Crippen LogP contribution >= 0.6 is 15.9 Å². The Morgan fingerprint density at radius 1 is 0.875 bits per heavy atom. The van der Waals surface area contributed by atoms with Crippen molar-refractivity contribution >= 4 is 43.5 Å². The minimum Gasteiger partial charge on any atom is -0.495 e. The van der Waals surface area contributed by atoms with Crippen LogP contribution in [0.2, 0.25) is 0 Å². The molecule has 252 valence electrons. The molecule has 0 heterocycles. The summed E-state index contributed by atoms with van der Waals surface area (Å²) in [5.41, 5.74) is 3.63. The molecule has 8 nitrogen and oxygen atoms in total. The van der Waals surface area contributed by atoms with E-state index in [1.165, 1.54) is 24.1 Å². The average Bonchev–Trinajstić information content (AvgIpc) is 3.58. The molecular formula is C38H42BrN3O5S. The third kappa shape index (κ3) is 8.65. The van der Waals surface area contributed by atoms with Gasteiger partial charge in [-0.3, -0.25) is 13.9 Å². The molecule has 1 aliphatic carbocycles. The van der Waals surface area contributed by atoms with Gasteiger partial charge in [0.15, 0.2) is 0 Å². The van der Waals surface area contributed by atoms with Crippen LogP contribution in [0.3, 0.4) is 0 Å². The molecule has 1 N–H and O–H groups in total. The van der Waals surface area contributed by atoms with Gasteiger partial charge in [0.25, 0.3) is 10.0 Å². The van der Waals surface area contributed by atoms with Gasteiger partial charge in [0, 0.05) is 23.5 Å². The van der Waals surface area contributed by atoms with Crippen molar-refractivity contribution in [2.75, 3.05) is 18.0 Å². The molecule has 1 unspecified atom stereocenters. The third-order valence-corrected chi connectivity index (χ3v) is 11.0. The van der Waals surface area contributed by atoms with Gasteiger partial charge in [-0.1, -0.05) is 95.0 Å². The number of halogens is 1. The van der Waals surface area contributed by atoms with Crippen LogP contribution in [0.1, 0.15) is 47.9 Å². The van der Waals surface area contributed by atoms with Crippen molar-refractivity contribution in [3.8, 4) is 5.75 Å². The van der Waals surface area contributed by atoms with E-state index in [4.69, 9.17) is 4.74 Å². The number of carbonyl (C=O) groups excluding carboxylic acids is 2. The van der Waals surface area contributed by atoms with Crippen molar-refractivity contribution in [2.24, 2.45) is 0 Å². The molecule has 48 heavy (non-hydrogen) atoms. The molecule has 5 rings (SSSR count). The topological polar surface area (TPSA) is 96.0 Å². The lowest BCUT2D eigenvalue weighted by molar-refractivity contribution is -0.140. The molecule has 1 aliphatic rings. The van der Waals surface area contributed by atoms with Crippen molar-refractivity contribution in [3.05, 3.63) is 124 Å². The number of rotatable bonds is 13. The maximum absolute atomic E-state index is 14.8. The Kier molecular flexibility index (Phi) is 11.6. The number of benzene rings is 4. The number of hydrogen-bond acceptors (Lipinski definition) is 5. The van der Waals surface area contributed by atoms with E-state index < -0.39 is 28.5 Å². The van der Waals surface area contributed by atoms with Crippen LogP contribution in [-0.2, 0) is 32.6 Å². The lowest BCUT2D eigenvalue weighted by Crippen LogP contribution is -2.54. The summed E-state index contributed by atoms with van der Waals surface area (Å²) < 4.78 is 36.4. The number of methoxy groups -OCH3 is 1. The van der Waals surface area contributed by atoms with E-state index >= 15 is 0 Å². The SMILES string of the molecule is COc1ccc(C)cc1N(CC(=O)N(Cc1cccc(Br)c1)C(Cc1ccccc1)C(=O)NC1CCCC1)S(=O)(=O)c1ccc(C)cc1. The van der Waals surface area contributed by atoms with E-state index in [0.29, 0.717) is 5.75 Å². The molecule has 2 amide bonds. The molecule has 4 aromatic rings. The Morgan fingerprint density at radius 2 is 1.54 bits per heavy atom. The fourth-order valence-electron chi connectivity index (χ4n) is 6.10. The Balaban J connectivity index is 1.60. The minimum absolute atomic E-state index is 0.0357. The van der Waals surface area contributed by atoms with Crippen LogP contribution in [0.15, 0.2) is 106 Å². The highest BCUT2D eigenvalue weighted by atomic mass is 79.9. The van der Waals surface area contributed by atoms with E-state index in [1.54, 1.807) is 24.3 Å². The van der Waals surface area contributed by atoms with E-state index in [0.717, 1.165) is 56.7 Å². The van der Waals surface area contributed by atoms with Crippen molar-refractivity contribution in [1.82, 2.24) is 10.2 Å². The van der Waals surface area contributed by atoms with Gasteiger partial charge in [-0.2, -0.15) is 0 Å². The van der Waals surface area contributed by atoms with Gasteiger partial charge < -0.3 is 15.0 Å². The molecule has 0 bridgehead atoms. The number of ether oxygens (including phenoxy) is 1. The van der Waals surface area contributed by atoms with Crippen LogP contribution in [-0.4, -0.2) is 50.9 Å². The fraction of sp³-hybridized carbons (Fsp3) is 0.316. The highest BCUT2D eigenvalue weighted by Crippen LogP contribution is 2.34. The van der Waals surface area contributed by atoms with E-state index in [-0.39, 0.29) is 35.5 Å². The molecule has 0 aliphatic heterocycles. The number of nitrogens with one attached hydrogen (secondary N) is 1. The summed E-state index contributed by atoms with van der Waals surface area (Å²) in [4.78, 5) is 30.6. The number of carbonyl (C=O) groups is 2. The first kappa shape index (κ1) is 35.2. The summed E-state index contributed by atoms with van der Waals surface area (Å²) in [5.74, 6) is -0.464. The second-order valence-electron chi connectivity index (χ2n) is 12.3. The average molecular weight is 733 g/mol. The number of nitrogens with zero attached hydrogens (tertiary/aromatic N) is 2. The van der Waals surface area contributed by atoms with Gasteiger partial charge >= 0.3 is 0 Å². The quantitative estimate of drug-likeness (QED) is 0.160. The van der Waals surface area contributed by atoms with Crippen LogP contribution in [0.4, 0.5) is 5.69 Å². The summed E-state index contributed by atoms with van der Waals surface area (Å²) in [6.45, 7) is 3.28. The van der Waals surface area contributed by atoms with E-state index in [2.05, 4.69) is 21.2 Å². The van der Waals surface area contributed by atoms with Crippen molar-refractivity contribution in [2.45, 2.75) is 69.5 Å². The molecule has 0 saturated heterocycles. The van der Waals surface area contributed by atoms with Gasteiger partial charge in [-0.05, 0) is 79.8 Å². The molecule has 10 heteroatoms. The summed E-state index contributed by atoms with van der Waals surface area (Å²) in [6, 6.07) is 28.0. The lowest BCUT2D eigenvalue weighted by atomic mass is 10.0. The number of hydrogen-bond donors (Lipinski definition) is 1. The van der Waals surface area contributed by atoms with Gasteiger partial charge in [-0.15, -0.1) is 0 Å². The number of anilines is 1. The zero-order valence-corrected chi connectivity index (χ0v) is 30.0. The molecule has 0 aromatic heterocycles. The second kappa shape index (κ2) is 15.8.